The number of halogens is 1. The first-order valence-electron chi connectivity index (χ1n) is 6.08. The van der Waals surface area contributed by atoms with Crippen molar-refractivity contribution in [3.05, 3.63) is 28.2 Å². The Bertz CT molecular complexity index is 364. The highest BCUT2D eigenvalue weighted by molar-refractivity contribution is 9.10. The lowest BCUT2D eigenvalue weighted by molar-refractivity contribution is 0.0258. The van der Waals surface area contributed by atoms with Crippen LogP contribution in [0.25, 0.3) is 0 Å². The molecule has 1 saturated heterocycles. The monoisotopic (exact) mass is 298 g/mol. The van der Waals surface area contributed by atoms with Crippen molar-refractivity contribution in [3.8, 4) is 0 Å². The maximum Gasteiger partial charge on any atom is 0.0716 e. The topological polar surface area (TPSA) is 33.3 Å². The van der Waals surface area contributed by atoms with Gasteiger partial charge in [0.2, 0.25) is 0 Å². The Balaban J connectivity index is 1.75. The minimum atomic E-state index is 0.354. The Hall–Kier alpha value is -0.580. The summed E-state index contributed by atoms with van der Waals surface area (Å²) in [4.78, 5) is 0. The fraction of sp³-hybridized carbons (Fsp3) is 0.538. The van der Waals surface area contributed by atoms with Crippen LogP contribution >= 0.6 is 15.9 Å². The van der Waals surface area contributed by atoms with Crippen LogP contribution in [-0.4, -0.2) is 32.3 Å². The molecule has 17 heavy (non-hydrogen) atoms. The van der Waals surface area contributed by atoms with Gasteiger partial charge in [0.15, 0.2) is 0 Å². The van der Waals surface area contributed by atoms with E-state index in [0.717, 1.165) is 37.1 Å². The van der Waals surface area contributed by atoms with Gasteiger partial charge in [0, 0.05) is 29.8 Å². The summed E-state index contributed by atoms with van der Waals surface area (Å²) in [6.45, 7) is 5.84. The third-order valence-corrected chi connectivity index (χ3v) is 3.85. The van der Waals surface area contributed by atoms with E-state index in [2.05, 4.69) is 51.7 Å². The smallest absolute Gasteiger partial charge is 0.0716 e. The SMILES string of the molecule is Cc1cc(NCCC2CNCCO2)ccc1Br. The van der Waals surface area contributed by atoms with E-state index < -0.39 is 0 Å². The van der Waals surface area contributed by atoms with Crippen molar-refractivity contribution in [1.29, 1.82) is 0 Å². The Morgan fingerprint density at radius 2 is 2.41 bits per heavy atom. The number of morpholine rings is 1. The van der Waals surface area contributed by atoms with Crippen LogP contribution in [0.4, 0.5) is 5.69 Å². The second-order valence-electron chi connectivity index (χ2n) is 4.38. The van der Waals surface area contributed by atoms with Crippen LogP contribution < -0.4 is 10.6 Å². The molecule has 0 spiro atoms. The summed E-state index contributed by atoms with van der Waals surface area (Å²) in [5.74, 6) is 0. The van der Waals surface area contributed by atoms with Gasteiger partial charge in [-0.3, -0.25) is 0 Å². The molecule has 1 fully saturated rings. The second-order valence-corrected chi connectivity index (χ2v) is 5.23. The van der Waals surface area contributed by atoms with Crippen LogP contribution in [0, 0.1) is 6.92 Å². The van der Waals surface area contributed by atoms with E-state index in [-0.39, 0.29) is 0 Å². The van der Waals surface area contributed by atoms with Crippen LogP contribution in [0.1, 0.15) is 12.0 Å². The molecule has 3 nitrogen and oxygen atoms in total. The van der Waals surface area contributed by atoms with Crippen molar-refractivity contribution in [1.82, 2.24) is 5.32 Å². The summed E-state index contributed by atoms with van der Waals surface area (Å²) in [5, 5.41) is 6.77. The zero-order valence-corrected chi connectivity index (χ0v) is 11.7. The number of ether oxygens (including phenoxy) is 1. The predicted molar refractivity (Wildman–Crippen MR) is 74.6 cm³/mol. The number of hydrogen-bond acceptors (Lipinski definition) is 3. The third kappa shape index (κ3) is 3.98. The molecular formula is C13H19BrN2O. The molecule has 94 valence electrons. The van der Waals surface area contributed by atoms with Crippen LogP contribution in [0.15, 0.2) is 22.7 Å². The molecule has 0 aliphatic carbocycles. The van der Waals surface area contributed by atoms with Crippen molar-refractivity contribution in [3.63, 3.8) is 0 Å². The minimum absolute atomic E-state index is 0.354. The number of hydrogen-bond donors (Lipinski definition) is 2. The summed E-state index contributed by atoms with van der Waals surface area (Å²) in [5.41, 5.74) is 2.43. The molecule has 0 amide bonds. The summed E-state index contributed by atoms with van der Waals surface area (Å²) >= 11 is 3.50. The molecule has 0 bridgehead atoms. The highest BCUT2D eigenvalue weighted by Crippen LogP contribution is 2.20. The Labute approximate surface area is 111 Å². The number of rotatable bonds is 4. The maximum absolute atomic E-state index is 5.65. The molecule has 0 saturated carbocycles. The molecule has 1 unspecified atom stereocenters. The standard InChI is InChI=1S/C13H19BrN2O/c1-10-8-11(2-3-13(10)14)16-5-4-12-9-15-6-7-17-12/h2-3,8,12,15-16H,4-7,9H2,1H3. The number of anilines is 1. The minimum Gasteiger partial charge on any atom is -0.385 e. The third-order valence-electron chi connectivity index (χ3n) is 2.96. The van der Waals surface area contributed by atoms with Crippen LogP contribution in [0.3, 0.4) is 0 Å². The van der Waals surface area contributed by atoms with E-state index in [1.54, 1.807) is 0 Å². The largest absolute Gasteiger partial charge is 0.385 e. The van der Waals surface area contributed by atoms with Crippen molar-refractivity contribution in [2.75, 3.05) is 31.6 Å². The van der Waals surface area contributed by atoms with E-state index in [9.17, 15) is 0 Å². The molecule has 0 aromatic heterocycles. The van der Waals surface area contributed by atoms with Gasteiger partial charge in [0.05, 0.1) is 12.7 Å². The maximum atomic E-state index is 5.65. The number of benzene rings is 1. The normalized spacial score (nSPS) is 20.2. The van der Waals surface area contributed by atoms with Gasteiger partial charge in [-0.2, -0.15) is 0 Å². The van der Waals surface area contributed by atoms with Crippen molar-refractivity contribution < 1.29 is 4.74 Å². The molecule has 2 rings (SSSR count). The molecule has 0 radical (unpaired) electrons. The van der Waals surface area contributed by atoms with Gasteiger partial charge in [-0.15, -0.1) is 0 Å². The summed E-state index contributed by atoms with van der Waals surface area (Å²) < 4.78 is 6.80. The van der Waals surface area contributed by atoms with Crippen LogP contribution in [-0.2, 0) is 4.74 Å². The van der Waals surface area contributed by atoms with E-state index in [0.29, 0.717) is 6.10 Å². The fourth-order valence-electron chi connectivity index (χ4n) is 1.94. The Morgan fingerprint density at radius 1 is 1.53 bits per heavy atom. The molecule has 1 aliphatic heterocycles. The first kappa shape index (κ1) is 12.9. The van der Waals surface area contributed by atoms with Gasteiger partial charge in [-0.05, 0) is 37.1 Å². The zero-order valence-electron chi connectivity index (χ0n) is 10.1. The van der Waals surface area contributed by atoms with Crippen molar-refractivity contribution in [2.24, 2.45) is 0 Å². The molecule has 1 aromatic carbocycles. The summed E-state index contributed by atoms with van der Waals surface area (Å²) in [7, 11) is 0. The quantitative estimate of drug-likeness (QED) is 0.896. The lowest BCUT2D eigenvalue weighted by atomic mass is 10.2. The highest BCUT2D eigenvalue weighted by atomic mass is 79.9. The average molecular weight is 299 g/mol. The van der Waals surface area contributed by atoms with Crippen LogP contribution in [0.2, 0.25) is 0 Å². The molecule has 2 N–H and O–H groups in total. The molecule has 1 heterocycles. The van der Waals surface area contributed by atoms with Crippen molar-refractivity contribution in [2.45, 2.75) is 19.4 Å². The zero-order chi connectivity index (χ0) is 12.1. The van der Waals surface area contributed by atoms with E-state index in [1.165, 1.54) is 11.3 Å². The van der Waals surface area contributed by atoms with Gasteiger partial charge in [-0.1, -0.05) is 15.9 Å². The molecule has 4 heteroatoms. The van der Waals surface area contributed by atoms with Crippen LogP contribution in [0.5, 0.6) is 0 Å². The predicted octanol–water partition coefficient (Wildman–Crippen LogP) is 2.55. The lowest BCUT2D eigenvalue weighted by Gasteiger charge is -2.23. The van der Waals surface area contributed by atoms with Gasteiger partial charge in [0.1, 0.15) is 0 Å². The fourth-order valence-corrected chi connectivity index (χ4v) is 2.18. The molecular weight excluding hydrogens is 280 g/mol. The van der Waals surface area contributed by atoms with E-state index >= 15 is 0 Å². The number of aryl methyl sites for hydroxylation is 1. The molecule has 1 aliphatic rings. The molecule has 1 aromatic rings. The van der Waals surface area contributed by atoms with Gasteiger partial charge in [0.25, 0.3) is 0 Å². The first-order chi connectivity index (χ1) is 8.25. The van der Waals surface area contributed by atoms with Gasteiger partial charge in [-0.25, -0.2) is 0 Å². The van der Waals surface area contributed by atoms with Crippen molar-refractivity contribution >= 4 is 21.6 Å². The Morgan fingerprint density at radius 3 is 3.12 bits per heavy atom. The first-order valence-corrected chi connectivity index (χ1v) is 6.87. The van der Waals surface area contributed by atoms with E-state index in [1.807, 2.05) is 0 Å². The van der Waals surface area contributed by atoms with E-state index in [4.69, 9.17) is 4.74 Å². The second kappa shape index (κ2) is 6.38. The summed E-state index contributed by atoms with van der Waals surface area (Å²) in [6.07, 6.45) is 1.40. The summed E-state index contributed by atoms with van der Waals surface area (Å²) in [6, 6.07) is 6.33. The van der Waals surface area contributed by atoms with Gasteiger partial charge < -0.3 is 15.4 Å². The Kier molecular flexibility index (Phi) is 4.83. The number of nitrogens with one attached hydrogen (secondary N) is 2. The lowest BCUT2D eigenvalue weighted by Crippen LogP contribution is -2.39. The van der Waals surface area contributed by atoms with Gasteiger partial charge >= 0.3 is 0 Å². The highest BCUT2D eigenvalue weighted by Gasteiger charge is 2.12. The molecule has 1 atom stereocenters. The average Bonchev–Trinajstić information content (AvgIpc) is 2.35.